The highest BCUT2D eigenvalue weighted by atomic mass is 16.2. The topological polar surface area (TPSA) is 43.9 Å². The molecular formula is C22H37N3O2. The SMILES string of the molecule is CCN(C(=O)N1CCC(C(=O)N2CC3CC4CC(C3)CC2C4)CC1)C(C)C. The van der Waals surface area contributed by atoms with Crippen LogP contribution >= 0.6 is 0 Å². The lowest BCUT2D eigenvalue weighted by Gasteiger charge is -2.41. The monoisotopic (exact) mass is 375 g/mol. The average molecular weight is 376 g/mol. The molecule has 152 valence electrons. The second-order valence-corrected chi connectivity index (χ2v) is 9.84. The molecule has 0 spiro atoms. The molecule has 5 nitrogen and oxygen atoms in total. The zero-order valence-electron chi connectivity index (χ0n) is 17.4. The summed E-state index contributed by atoms with van der Waals surface area (Å²) in [5, 5.41) is 0. The molecule has 5 fully saturated rings. The average Bonchev–Trinajstić information content (AvgIpc) is 2.84. The number of urea groups is 1. The molecule has 2 saturated carbocycles. The summed E-state index contributed by atoms with van der Waals surface area (Å²) in [6.45, 7) is 9.38. The summed E-state index contributed by atoms with van der Waals surface area (Å²) in [5.74, 6) is 3.02. The first-order valence-electron chi connectivity index (χ1n) is 11.3. The van der Waals surface area contributed by atoms with Crippen molar-refractivity contribution in [2.45, 2.75) is 77.8 Å². The van der Waals surface area contributed by atoms with Gasteiger partial charge in [-0.3, -0.25) is 4.79 Å². The summed E-state index contributed by atoms with van der Waals surface area (Å²) in [7, 11) is 0. The first kappa shape index (κ1) is 19.1. The number of hydrogen-bond acceptors (Lipinski definition) is 2. The van der Waals surface area contributed by atoms with Gasteiger partial charge in [-0.15, -0.1) is 0 Å². The van der Waals surface area contributed by atoms with Crippen molar-refractivity contribution in [1.29, 1.82) is 0 Å². The van der Waals surface area contributed by atoms with Gasteiger partial charge in [0.1, 0.15) is 0 Å². The third-order valence-corrected chi connectivity index (χ3v) is 7.71. The van der Waals surface area contributed by atoms with Crippen molar-refractivity contribution >= 4 is 11.9 Å². The van der Waals surface area contributed by atoms with Gasteiger partial charge in [-0.25, -0.2) is 4.79 Å². The van der Waals surface area contributed by atoms with Crippen LogP contribution in [0.15, 0.2) is 0 Å². The van der Waals surface area contributed by atoms with Crippen LogP contribution in [0.1, 0.15) is 65.7 Å². The van der Waals surface area contributed by atoms with Crippen LogP contribution < -0.4 is 0 Å². The summed E-state index contributed by atoms with van der Waals surface area (Å²) in [6.07, 6.45) is 8.28. The van der Waals surface area contributed by atoms with E-state index >= 15 is 0 Å². The van der Waals surface area contributed by atoms with E-state index in [9.17, 15) is 9.59 Å². The minimum Gasteiger partial charge on any atom is -0.339 e. The number of rotatable bonds is 3. The zero-order chi connectivity index (χ0) is 19.1. The van der Waals surface area contributed by atoms with E-state index in [2.05, 4.69) is 18.7 Å². The van der Waals surface area contributed by atoms with Gasteiger partial charge in [0.05, 0.1) is 0 Å². The summed E-state index contributed by atoms with van der Waals surface area (Å²) in [4.78, 5) is 32.3. The Morgan fingerprint density at radius 3 is 2.11 bits per heavy atom. The molecule has 0 aromatic carbocycles. The molecule has 5 rings (SSSR count). The van der Waals surface area contributed by atoms with Crippen LogP contribution in [-0.4, -0.2) is 64.9 Å². The maximum Gasteiger partial charge on any atom is 0.320 e. The molecule has 3 saturated heterocycles. The highest BCUT2D eigenvalue weighted by molar-refractivity contribution is 5.80. The van der Waals surface area contributed by atoms with Gasteiger partial charge in [-0.2, -0.15) is 0 Å². The molecule has 0 aromatic rings. The van der Waals surface area contributed by atoms with Crippen LogP contribution in [0.2, 0.25) is 0 Å². The van der Waals surface area contributed by atoms with Crippen molar-refractivity contribution in [3.8, 4) is 0 Å². The van der Waals surface area contributed by atoms with Crippen LogP contribution in [-0.2, 0) is 4.79 Å². The Labute approximate surface area is 164 Å². The molecule has 2 unspecified atom stereocenters. The van der Waals surface area contributed by atoms with E-state index in [1.54, 1.807) is 0 Å². The fourth-order valence-electron chi connectivity index (χ4n) is 6.51. The smallest absolute Gasteiger partial charge is 0.320 e. The lowest BCUT2D eigenvalue weighted by Crippen LogP contribution is -2.51. The van der Waals surface area contributed by atoms with Crippen molar-refractivity contribution in [2.75, 3.05) is 26.2 Å². The van der Waals surface area contributed by atoms with Gasteiger partial charge in [-0.05, 0) is 83.5 Å². The fourth-order valence-corrected chi connectivity index (χ4v) is 6.51. The quantitative estimate of drug-likeness (QED) is 0.757. The maximum absolute atomic E-state index is 13.4. The van der Waals surface area contributed by atoms with Gasteiger partial charge < -0.3 is 14.7 Å². The number of amides is 3. The number of carbonyl (C=O) groups excluding carboxylic acids is 2. The first-order chi connectivity index (χ1) is 13.0. The minimum absolute atomic E-state index is 0.124. The second-order valence-electron chi connectivity index (χ2n) is 9.84. The Balaban J connectivity index is 1.36. The molecular weight excluding hydrogens is 338 g/mol. The standard InChI is InChI=1S/C22H37N3O2/c1-4-24(15(2)3)22(27)23-7-5-19(6-8-23)21(26)25-14-18-10-16-9-17(11-18)13-20(25)12-16/h15-20H,4-14H2,1-3H3. The van der Waals surface area contributed by atoms with Crippen molar-refractivity contribution in [2.24, 2.45) is 23.7 Å². The maximum atomic E-state index is 13.4. The number of piperidine rings is 1. The predicted octanol–water partition coefficient (Wildman–Crippen LogP) is 3.59. The van der Waals surface area contributed by atoms with E-state index in [1.807, 2.05) is 16.7 Å². The summed E-state index contributed by atoms with van der Waals surface area (Å²) in [5.41, 5.74) is 0. The van der Waals surface area contributed by atoms with Gasteiger partial charge in [0.15, 0.2) is 0 Å². The van der Waals surface area contributed by atoms with Gasteiger partial charge in [0, 0.05) is 44.2 Å². The summed E-state index contributed by atoms with van der Waals surface area (Å²) in [6, 6.07) is 0.874. The van der Waals surface area contributed by atoms with E-state index in [-0.39, 0.29) is 18.0 Å². The third kappa shape index (κ3) is 3.71. The highest BCUT2D eigenvalue weighted by Crippen LogP contribution is 2.47. The third-order valence-electron chi connectivity index (χ3n) is 7.71. The molecule has 0 aromatic heterocycles. The van der Waals surface area contributed by atoms with E-state index in [1.165, 1.54) is 32.1 Å². The Morgan fingerprint density at radius 1 is 0.963 bits per heavy atom. The van der Waals surface area contributed by atoms with Gasteiger partial charge in [0.2, 0.25) is 5.91 Å². The second kappa shape index (κ2) is 7.63. The van der Waals surface area contributed by atoms with Crippen LogP contribution in [0, 0.1) is 23.7 Å². The normalized spacial score (nSPS) is 33.5. The number of hydrogen-bond donors (Lipinski definition) is 0. The Hall–Kier alpha value is -1.26. The fraction of sp³-hybridized carbons (Fsp3) is 0.909. The largest absolute Gasteiger partial charge is 0.339 e. The van der Waals surface area contributed by atoms with Crippen LogP contribution in [0.4, 0.5) is 4.79 Å². The number of fused-ring (bicyclic) bond motifs is 1. The molecule has 2 atom stereocenters. The van der Waals surface area contributed by atoms with Crippen LogP contribution in [0.25, 0.3) is 0 Å². The van der Waals surface area contributed by atoms with Crippen molar-refractivity contribution in [3.05, 3.63) is 0 Å². The minimum atomic E-state index is 0.124. The molecule has 27 heavy (non-hydrogen) atoms. The first-order valence-corrected chi connectivity index (χ1v) is 11.3. The van der Waals surface area contributed by atoms with E-state index in [0.717, 1.165) is 56.8 Å². The molecule has 3 aliphatic heterocycles. The van der Waals surface area contributed by atoms with Crippen molar-refractivity contribution in [1.82, 2.24) is 14.7 Å². The zero-order valence-corrected chi connectivity index (χ0v) is 17.4. The van der Waals surface area contributed by atoms with Crippen LogP contribution in [0.5, 0.6) is 0 Å². The number of likely N-dealkylation sites (tertiary alicyclic amines) is 1. The lowest BCUT2D eigenvalue weighted by atomic mass is 9.68. The Bertz CT molecular complexity index is 556. The molecule has 3 heterocycles. The van der Waals surface area contributed by atoms with Crippen LogP contribution in [0.3, 0.4) is 0 Å². The highest BCUT2D eigenvalue weighted by Gasteiger charge is 2.45. The molecule has 5 aliphatic rings. The summed E-state index contributed by atoms with van der Waals surface area (Å²) >= 11 is 0. The molecule has 0 radical (unpaired) electrons. The Morgan fingerprint density at radius 2 is 1.56 bits per heavy atom. The molecule has 4 bridgehead atoms. The Kier molecular flexibility index (Phi) is 5.39. The van der Waals surface area contributed by atoms with Gasteiger partial charge in [-0.1, -0.05) is 0 Å². The number of nitrogens with zero attached hydrogens (tertiary/aromatic N) is 3. The van der Waals surface area contributed by atoms with Gasteiger partial charge >= 0.3 is 6.03 Å². The molecule has 5 heteroatoms. The molecule has 2 aliphatic carbocycles. The van der Waals surface area contributed by atoms with Crippen molar-refractivity contribution in [3.63, 3.8) is 0 Å². The molecule has 3 amide bonds. The van der Waals surface area contributed by atoms with Crippen molar-refractivity contribution < 1.29 is 9.59 Å². The van der Waals surface area contributed by atoms with E-state index < -0.39 is 0 Å². The number of carbonyl (C=O) groups is 2. The predicted molar refractivity (Wildman–Crippen MR) is 106 cm³/mol. The van der Waals surface area contributed by atoms with Gasteiger partial charge in [0.25, 0.3) is 0 Å². The van der Waals surface area contributed by atoms with E-state index in [0.29, 0.717) is 11.9 Å². The molecule has 0 N–H and O–H groups in total. The van der Waals surface area contributed by atoms with E-state index in [4.69, 9.17) is 0 Å². The summed E-state index contributed by atoms with van der Waals surface area (Å²) < 4.78 is 0. The lowest BCUT2D eigenvalue weighted by molar-refractivity contribution is -0.140.